The molecule has 4 N–H and O–H groups in total. The van der Waals surface area contributed by atoms with Gasteiger partial charge >= 0.3 is 32.5 Å². The lowest BCUT2D eigenvalue weighted by Gasteiger charge is -2.36. The molecular formula is C21H26F4N2O7P2. The van der Waals surface area contributed by atoms with Crippen LogP contribution >= 0.6 is 15.2 Å². The van der Waals surface area contributed by atoms with E-state index in [0.29, 0.717) is 0 Å². The molecule has 2 aromatic carbocycles. The zero-order valence-corrected chi connectivity index (χ0v) is 21.4. The minimum atomic E-state index is -5.79. The number of anilines is 2. The third-order valence-corrected chi connectivity index (χ3v) is 7.14. The molecule has 0 radical (unpaired) electrons. The predicted molar refractivity (Wildman–Crippen MR) is 125 cm³/mol. The molecule has 0 aliphatic rings. The van der Waals surface area contributed by atoms with E-state index in [9.17, 15) is 31.5 Å². The molecule has 0 aromatic heterocycles. The Morgan fingerprint density at radius 1 is 0.667 bits per heavy atom. The minimum Gasteiger partial charge on any atom is -0.320 e. The first-order valence-electron chi connectivity index (χ1n) is 10.4. The lowest BCUT2D eigenvalue weighted by molar-refractivity contribution is 0.0564. The van der Waals surface area contributed by atoms with Crippen LogP contribution in [0.3, 0.4) is 0 Å². The second-order valence-corrected chi connectivity index (χ2v) is 11.8. The van der Waals surface area contributed by atoms with Crippen LogP contribution < -0.4 is 9.80 Å². The van der Waals surface area contributed by atoms with E-state index >= 15 is 0 Å². The van der Waals surface area contributed by atoms with Gasteiger partial charge in [0.1, 0.15) is 0 Å². The van der Waals surface area contributed by atoms with E-state index in [2.05, 4.69) is 0 Å². The average Bonchev–Trinajstić information content (AvgIpc) is 2.72. The van der Waals surface area contributed by atoms with E-state index in [-0.39, 0.29) is 11.4 Å². The monoisotopic (exact) mass is 556 g/mol. The van der Waals surface area contributed by atoms with Crippen LogP contribution in [0, 0.1) is 0 Å². The number of hydrogen-bond donors (Lipinski definition) is 4. The Morgan fingerprint density at radius 2 is 0.917 bits per heavy atom. The van der Waals surface area contributed by atoms with Crippen molar-refractivity contribution in [2.45, 2.75) is 51.1 Å². The van der Waals surface area contributed by atoms with Crippen molar-refractivity contribution in [1.29, 1.82) is 0 Å². The van der Waals surface area contributed by atoms with Gasteiger partial charge < -0.3 is 19.6 Å². The van der Waals surface area contributed by atoms with Crippen LogP contribution in [0.1, 0.15) is 38.8 Å². The lowest BCUT2D eigenvalue weighted by Crippen LogP contribution is -2.49. The fraction of sp³-hybridized carbons (Fsp3) is 0.381. The van der Waals surface area contributed by atoms with Gasteiger partial charge in [-0.3, -0.25) is 18.9 Å². The Bertz CT molecular complexity index is 1090. The summed E-state index contributed by atoms with van der Waals surface area (Å²) in [7, 11) is -11.6. The van der Waals surface area contributed by atoms with Gasteiger partial charge in [-0.05, 0) is 52.0 Å². The number of urea groups is 1. The second-order valence-electron chi connectivity index (χ2n) is 8.47. The summed E-state index contributed by atoms with van der Waals surface area (Å²) < 4.78 is 78.3. The Balaban J connectivity index is 2.47. The summed E-state index contributed by atoms with van der Waals surface area (Å²) in [6.45, 7) is 6.49. The van der Waals surface area contributed by atoms with Crippen LogP contribution in [0.4, 0.5) is 33.7 Å². The fourth-order valence-corrected chi connectivity index (χ4v) is 4.33. The number of halogens is 4. The van der Waals surface area contributed by atoms with Crippen molar-refractivity contribution in [3.63, 3.8) is 0 Å². The summed E-state index contributed by atoms with van der Waals surface area (Å²) in [6.07, 6.45) is 0. The molecule has 0 spiro atoms. The number of alkyl halides is 4. The largest absolute Gasteiger partial charge is 0.399 e. The molecule has 0 fully saturated rings. The Labute approximate surface area is 204 Å². The number of rotatable bonds is 8. The molecule has 36 heavy (non-hydrogen) atoms. The maximum absolute atomic E-state index is 14.0. The first-order valence-corrected chi connectivity index (χ1v) is 13.7. The molecule has 2 aromatic rings. The SMILES string of the molecule is CC(C)N(C(=O)N(c1ccc(C(F)(F)P(=O)(O)O)cc1)C(C)C)c1ccc(C(F)(F)P(=O)(O)O)cc1. The zero-order chi connectivity index (χ0) is 27.9. The number of hydrogen-bond acceptors (Lipinski definition) is 3. The van der Waals surface area contributed by atoms with Crippen LogP contribution in [0.5, 0.6) is 0 Å². The molecule has 0 heterocycles. The van der Waals surface area contributed by atoms with Crippen molar-refractivity contribution in [2.24, 2.45) is 0 Å². The number of carbonyl (C=O) groups excluding carboxylic acids is 1. The van der Waals surface area contributed by atoms with Crippen molar-refractivity contribution in [3.8, 4) is 0 Å². The number of carbonyl (C=O) groups is 1. The van der Waals surface area contributed by atoms with Gasteiger partial charge in [-0.25, -0.2) is 4.79 Å². The predicted octanol–water partition coefficient (Wildman–Crippen LogP) is 5.39. The summed E-state index contributed by atoms with van der Waals surface area (Å²) in [5.41, 5.74) is -10.5. The topological polar surface area (TPSA) is 139 Å². The van der Waals surface area contributed by atoms with Gasteiger partial charge in [0.25, 0.3) is 0 Å². The first-order chi connectivity index (χ1) is 16.2. The van der Waals surface area contributed by atoms with E-state index < -0.39 is 55.8 Å². The highest BCUT2D eigenvalue weighted by molar-refractivity contribution is 7.52. The third kappa shape index (κ3) is 5.82. The maximum atomic E-state index is 14.0. The Hall–Kier alpha value is -2.27. The fourth-order valence-electron chi connectivity index (χ4n) is 3.36. The van der Waals surface area contributed by atoms with Crippen molar-refractivity contribution in [2.75, 3.05) is 9.80 Å². The van der Waals surface area contributed by atoms with Gasteiger partial charge in [0, 0.05) is 34.6 Å². The molecule has 9 nitrogen and oxygen atoms in total. The molecule has 200 valence electrons. The van der Waals surface area contributed by atoms with E-state index in [4.69, 9.17) is 19.6 Å². The van der Waals surface area contributed by atoms with Gasteiger partial charge in [0.05, 0.1) is 0 Å². The quantitative estimate of drug-likeness (QED) is 0.253. The van der Waals surface area contributed by atoms with Crippen molar-refractivity contribution >= 4 is 32.6 Å². The van der Waals surface area contributed by atoms with Crippen molar-refractivity contribution < 1.29 is 51.1 Å². The molecule has 0 aliphatic heterocycles. The second kappa shape index (κ2) is 10.2. The highest BCUT2D eigenvalue weighted by Crippen LogP contribution is 2.60. The molecule has 0 aliphatic carbocycles. The van der Waals surface area contributed by atoms with E-state index in [1.165, 1.54) is 9.80 Å². The first kappa shape index (κ1) is 30.0. The van der Waals surface area contributed by atoms with Gasteiger partial charge in [-0.1, -0.05) is 24.3 Å². The molecular weight excluding hydrogens is 530 g/mol. The molecule has 0 saturated heterocycles. The van der Waals surface area contributed by atoms with Gasteiger partial charge in [0.15, 0.2) is 0 Å². The van der Waals surface area contributed by atoms with Crippen molar-refractivity contribution in [1.82, 2.24) is 0 Å². The maximum Gasteiger partial charge on any atom is 0.399 e. The van der Waals surface area contributed by atoms with E-state index in [0.717, 1.165) is 48.5 Å². The normalized spacial score (nSPS) is 13.3. The average molecular weight is 556 g/mol. The van der Waals surface area contributed by atoms with Crippen LogP contribution in [0.15, 0.2) is 48.5 Å². The summed E-state index contributed by atoms with van der Waals surface area (Å²) in [5.74, 6) is 0. The molecule has 0 bridgehead atoms. The molecule has 2 rings (SSSR count). The van der Waals surface area contributed by atoms with Gasteiger partial charge in [-0.2, -0.15) is 17.6 Å². The highest BCUT2D eigenvalue weighted by Gasteiger charge is 2.51. The van der Waals surface area contributed by atoms with Gasteiger partial charge in [0.2, 0.25) is 0 Å². The third-order valence-electron chi connectivity index (χ3n) is 5.16. The van der Waals surface area contributed by atoms with Gasteiger partial charge in [-0.15, -0.1) is 0 Å². The highest BCUT2D eigenvalue weighted by atomic mass is 31.2. The minimum absolute atomic E-state index is 0.121. The van der Waals surface area contributed by atoms with E-state index in [1.54, 1.807) is 27.7 Å². The molecule has 0 saturated carbocycles. The summed E-state index contributed by atoms with van der Waals surface area (Å²) in [6, 6.07) is 5.78. The van der Waals surface area contributed by atoms with Crippen LogP contribution in [0.2, 0.25) is 0 Å². The summed E-state index contributed by atoms with van der Waals surface area (Å²) >= 11 is 0. The standard InChI is InChI=1S/C21H26F4N2O7P2/c1-13(2)26(17-9-5-15(6-10-17)20(22,23)35(29,30)31)19(28)27(14(3)4)18-11-7-16(8-12-18)21(24,25)36(32,33)34/h5-14H,1-4H3,(H2,29,30,31)(H2,32,33,34). The van der Waals surface area contributed by atoms with Crippen LogP contribution in [0.25, 0.3) is 0 Å². The number of nitrogens with zero attached hydrogens (tertiary/aromatic N) is 2. The Kier molecular flexibility index (Phi) is 8.52. The lowest BCUT2D eigenvalue weighted by atomic mass is 10.1. The van der Waals surface area contributed by atoms with Crippen molar-refractivity contribution in [3.05, 3.63) is 59.7 Å². The summed E-state index contributed by atoms with van der Waals surface area (Å²) in [5, 5.41) is 0. The van der Waals surface area contributed by atoms with Crippen LogP contribution in [-0.2, 0) is 20.5 Å². The van der Waals surface area contributed by atoms with Crippen LogP contribution in [-0.4, -0.2) is 37.7 Å². The molecule has 15 heteroatoms. The number of amides is 2. The van der Waals surface area contributed by atoms with E-state index in [1.807, 2.05) is 0 Å². The zero-order valence-electron chi connectivity index (χ0n) is 19.6. The number of benzene rings is 2. The smallest absolute Gasteiger partial charge is 0.320 e. The molecule has 0 atom stereocenters. The summed E-state index contributed by atoms with van der Waals surface area (Å²) in [4.78, 5) is 51.6. The molecule has 0 unspecified atom stereocenters. The Morgan fingerprint density at radius 3 is 1.11 bits per heavy atom. The molecule has 2 amide bonds.